The summed E-state index contributed by atoms with van der Waals surface area (Å²) in [6.07, 6.45) is 0.995. The van der Waals surface area contributed by atoms with Crippen LogP contribution in [0.5, 0.6) is 11.5 Å². The number of ketones is 1. The van der Waals surface area contributed by atoms with Crippen molar-refractivity contribution in [2.45, 2.75) is 32.9 Å². The maximum Gasteiger partial charge on any atom is 0.293 e. The zero-order chi connectivity index (χ0) is 19.7. The van der Waals surface area contributed by atoms with Crippen LogP contribution in [0, 0.1) is 0 Å². The summed E-state index contributed by atoms with van der Waals surface area (Å²) in [6.45, 7) is 5.50. The number of ether oxygens (including phenoxy) is 2. The second kappa shape index (κ2) is 7.26. The molecule has 2 atom stereocenters. The number of hydrogen-bond donors (Lipinski definition) is 0. The number of carbonyl (C=O) groups is 2. The maximum atomic E-state index is 13.0. The van der Waals surface area contributed by atoms with Gasteiger partial charge < -0.3 is 18.9 Å². The average molecular weight is 370 g/mol. The highest BCUT2D eigenvalue weighted by atomic mass is 16.5. The van der Waals surface area contributed by atoms with E-state index in [9.17, 15) is 14.4 Å². The predicted molar refractivity (Wildman–Crippen MR) is 101 cm³/mol. The van der Waals surface area contributed by atoms with Crippen LogP contribution in [0.1, 0.15) is 37.2 Å². The van der Waals surface area contributed by atoms with Crippen LogP contribution in [-0.2, 0) is 4.79 Å². The van der Waals surface area contributed by atoms with Crippen molar-refractivity contribution >= 4 is 17.4 Å². The molecule has 1 aliphatic rings. The second-order valence-electron chi connectivity index (χ2n) is 6.40. The van der Waals surface area contributed by atoms with Crippen molar-refractivity contribution in [2.24, 2.45) is 0 Å². The van der Waals surface area contributed by atoms with Crippen molar-refractivity contribution in [2.75, 3.05) is 18.6 Å². The lowest BCUT2D eigenvalue weighted by molar-refractivity contribution is -0.125. The molecule has 27 heavy (non-hydrogen) atoms. The van der Waals surface area contributed by atoms with Crippen molar-refractivity contribution < 1.29 is 19.1 Å². The Bertz CT molecular complexity index is 950. The molecule has 0 N–H and O–H groups in total. The zero-order valence-corrected chi connectivity index (χ0v) is 15.8. The van der Waals surface area contributed by atoms with Crippen LogP contribution in [-0.4, -0.2) is 36.0 Å². The Kier molecular flexibility index (Phi) is 5.03. The van der Waals surface area contributed by atoms with Crippen LogP contribution in [0.25, 0.3) is 0 Å². The topological polar surface area (TPSA) is 77.8 Å². The summed E-state index contributed by atoms with van der Waals surface area (Å²) in [4.78, 5) is 39.1. The quantitative estimate of drug-likeness (QED) is 0.756. The normalized spacial score (nSPS) is 17.1. The van der Waals surface area contributed by atoms with E-state index in [1.165, 1.54) is 9.47 Å². The first-order chi connectivity index (χ1) is 12.8. The molecule has 0 saturated carbocycles. The van der Waals surface area contributed by atoms with E-state index >= 15 is 0 Å². The predicted octanol–water partition coefficient (Wildman–Crippen LogP) is 2.43. The average Bonchev–Trinajstić information content (AvgIpc) is 2.67. The lowest BCUT2D eigenvalue weighted by atomic mass is 10.0. The van der Waals surface area contributed by atoms with Gasteiger partial charge in [-0.1, -0.05) is 0 Å². The van der Waals surface area contributed by atoms with Gasteiger partial charge in [0.25, 0.3) is 11.5 Å². The number of anilines is 1. The van der Waals surface area contributed by atoms with Crippen LogP contribution >= 0.6 is 0 Å². The number of hydrogen-bond acceptors (Lipinski definition) is 5. The van der Waals surface area contributed by atoms with E-state index in [1.807, 2.05) is 0 Å². The molecule has 1 aromatic carbocycles. The Morgan fingerprint density at radius 3 is 2.74 bits per heavy atom. The molecular formula is C20H22N2O5. The van der Waals surface area contributed by atoms with Crippen molar-refractivity contribution in [3.05, 3.63) is 52.4 Å². The maximum absolute atomic E-state index is 13.0. The number of fused-ring (bicyclic) bond motifs is 1. The molecule has 0 spiro atoms. The number of aromatic nitrogens is 1. The minimum atomic E-state index is -0.722. The number of nitrogens with zero attached hydrogens (tertiary/aromatic N) is 2. The van der Waals surface area contributed by atoms with E-state index in [4.69, 9.17) is 9.47 Å². The third kappa shape index (κ3) is 3.32. The lowest BCUT2D eigenvalue weighted by Crippen LogP contribution is -2.42. The number of likely N-dealkylation sites (N-methyl/N-ethyl adjacent to an activating group) is 1. The van der Waals surface area contributed by atoms with Gasteiger partial charge in [0.2, 0.25) is 0 Å². The molecule has 2 aromatic rings. The third-order valence-corrected chi connectivity index (χ3v) is 4.62. The number of amides is 1. The fourth-order valence-corrected chi connectivity index (χ4v) is 3.09. The van der Waals surface area contributed by atoms with Gasteiger partial charge in [-0.25, -0.2) is 0 Å². The first kappa shape index (κ1) is 18.7. The van der Waals surface area contributed by atoms with Gasteiger partial charge in [-0.05, 0) is 51.1 Å². The fourth-order valence-electron chi connectivity index (χ4n) is 3.09. The standard InChI is InChI=1S/C20H22N2O5/c1-5-26-17-7-6-10-22(20(17)25)12(2)18(23)14-8-9-16-15(11-14)21(4)19(24)13(3)27-16/h6-13H,5H2,1-4H3. The summed E-state index contributed by atoms with van der Waals surface area (Å²) in [7, 11) is 1.65. The largest absolute Gasteiger partial charge is 0.488 e. The van der Waals surface area contributed by atoms with Crippen LogP contribution in [0.3, 0.4) is 0 Å². The van der Waals surface area contributed by atoms with E-state index in [0.717, 1.165) is 0 Å². The SMILES string of the molecule is CCOc1cccn(C(C)C(=O)c2ccc3c(c2)N(C)C(=O)C(C)O3)c1=O. The van der Waals surface area contributed by atoms with Gasteiger partial charge in [-0.3, -0.25) is 14.4 Å². The molecule has 0 fully saturated rings. The van der Waals surface area contributed by atoms with Gasteiger partial charge in [-0.2, -0.15) is 0 Å². The number of carbonyl (C=O) groups excluding carboxylic acids is 2. The van der Waals surface area contributed by atoms with Crippen molar-refractivity contribution in [1.82, 2.24) is 4.57 Å². The molecule has 0 bridgehead atoms. The van der Waals surface area contributed by atoms with Gasteiger partial charge in [-0.15, -0.1) is 0 Å². The monoisotopic (exact) mass is 370 g/mol. The number of rotatable bonds is 5. The summed E-state index contributed by atoms with van der Waals surface area (Å²) in [6, 6.07) is 7.47. The van der Waals surface area contributed by atoms with Crippen molar-refractivity contribution in [1.29, 1.82) is 0 Å². The molecule has 2 heterocycles. The second-order valence-corrected chi connectivity index (χ2v) is 6.40. The van der Waals surface area contributed by atoms with Crippen molar-refractivity contribution in [3.8, 4) is 11.5 Å². The Balaban J connectivity index is 1.94. The molecule has 142 valence electrons. The highest BCUT2D eigenvalue weighted by Crippen LogP contribution is 2.34. The molecule has 7 heteroatoms. The summed E-state index contributed by atoms with van der Waals surface area (Å²) in [5.41, 5.74) is 0.571. The molecule has 7 nitrogen and oxygen atoms in total. The summed E-state index contributed by atoms with van der Waals surface area (Å²) in [5.74, 6) is 0.330. The van der Waals surface area contributed by atoms with Gasteiger partial charge in [0.15, 0.2) is 17.6 Å². The van der Waals surface area contributed by atoms with Gasteiger partial charge in [0, 0.05) is 18.8 Å². The van der Waals surface area contributed by atoms with E-state index in [-0.39, 0.29) is 23.0 Å². The number of Topliss-reactive ketones (excluding diaryl/α,β-unsaturated/α-hetero) is 1. The van der Waals surface area contributed by atoms with Crippen molar-refractivity contribution in [3.63, 3.8) is 0 Å². The van der Waals surface area contributed by atoms with Gasteiger partial charge in [0.1, 0.15) is 5.75 Å². The first-order valence-corrected chi connectivity index (χ1v) is 8.81. The molecule has 0 radical (unpaired) electrons. The Morgan fingerprint density at radius 1 is 1.30 bits per heavy atom. The molecule has 2 unspecified atom stereocenters. The number of benzene rings is 1. The molecule has 3 rings (SSSR count). The molecular weight excluding hydrogens is 348 g/mol. The van der Waals surface area contributed by atoms with E-state index < -0.39 is 12.1 Å². The number of pyridine rings is 1. The molecule has 0 saturated heterocycles. The Morgan fingerprint density at radius 2 is 2.04 bits per heavy atom. The highest BCUT2D eigenvalue weighted by Gasteiger charge is 2.30. The zero-order valence-electron chi connectivity index (χ0n) is 15.8. The highest BCUT2D eigenvalue weighted by molar-refractivity contribution is 6.03. The molecule has 0 aliphatic carbocycles. The van der Waals surface area contributed by atoms with Crippen LogP contribution < -0.4 is 19.9 Å². The summed E-state index contributed by atoms with van der Waals surface area (Å²) < 4.78 is 12.2. The fraction of sp³-hybridized carbons (Fsp3) is 0.350. The van der Waals surface area contributed by atoms with E-state index in [0.29, 0.717) is 23.6 Å². The summed E-state index contributed by atoms with van der Waals surface area (Å²) in [5, 5.41) is 0. The third-order valence-electron chi connectivity index (χ3n) is 4.62. The molecule has 1 aliphatic heterocycles. The van der Waals surface area contributed by atoms with Crippen LogP contribution in [0.15, 0.2) is 41.3 Å². The minimum absolute atomic E-state index is 0.180. The Labute approximate surface area is 157 Å². The van der Waals surface area contributed by atoms with E-state index in [1.54, 1.807) is 64.3 Å². The molecule has 1 aromatic heterocycles. The lowest BCUT2D eigenvalue weighted by Gasteiger charge is -2.30. The first-order valence-electron chi connectivity index (χ1n) is 8.81. The minimum Gasteiger partial charge on any atom is -0.488 e. The van der Waals surface area contributed by atoms with Gasteiger partial charge in [0.05, 0.1) is 18.3 Å². The summed E-state index contributed by atoms with van der Waals surface area (Å²) >= 11 is 0. The Hall–Kier alpha value is -3.09. The molecule has 1 amide bonds. The van der Waals surface area contributed by atoms with Gasteiger partial charge >= 0.3 is 0 Å². The van der Waals surface area contributed by atoms with Crippen LogP contribution in [0.4, 0.5) is 5.69 Å². The van der Waals surface area contributed by atoms with E-state index in [2.05, 4.69) is 0 Å². The smallest absolute Gasteiger partial charge is 0.293 e. The van der Waals surface area contributed by atoms with Crippen LogP contribution in [0.2, 0.25) is 0 Å².